The van der Waals surface area contributed by atoms with E-state index in [9.17, 15) is 13.2 Å². The SMILES string of the molecule is Cc1cccc(C)c1-c1cc2nc(n1)NS(=O)(=O)c1cccc(c1)C(=O)NCc1cccc(c1)O2. The quantitative estimate of drug-likeness (QED) is 0.407. The molecule has 1 aromatic heterocycles. The minimum absolute atomic E-state index is 0.0795. The average Bonchev–Trinajstić information content (AvgIpc) is 2.82. The molecule has 1 amide bonds. The molecular formula is C26H22N4O4S. The van der Waals surface area contributed by atoms with Crippen LogP contribution in [0, 0.1) is 13.8 Å². The minimum Gasteiger partial charge on any atom is -0.439 e. The highest BCUT2D eigenvalue weighted by Crippen LogP contribution is 2.31. The van der Waals surface area contributed by atoms with Crippen LogP contribution in [0.1, 0.15) is 27.0 Å². The maximum absolute atomic E-state index is 13.2. The normalized spacial score (nSPS) is 14.5. The molecule has 5 rings (SSSR count). The number of amides is 1. The van der Waals surface area contributed by atoms with E-state index in [1.54, 1.807) is 24.3 Å². The van der Waals surface area contributed by atoms with Crippen LogP contribution < -0.4 is 14.8 Å². The Kier molecular flexibility index (Phi) is 5.70. The van der Waals surface area contributed by atoms with Crippen LogP contribution in [0.25, 0.3) is 11.3 Å². The van der Waals surface area contributed by atoms with Crippen molar-refractivity contribution in [3.8, 4) is 22.9 Å². The van der Waals surface area contributed by atoms with Gasteiger partial charge in [-0.3, -0.25) is 4.79 Å². The summed E-state index contributed by atoms with van der Waals surface area (Å²) in [6.07, 6.45) is 0. The Hall–Kier alpha value is -4.24. The molecule has 0 radical (unpaired) electrons. The number of nitrogens with zero attached hydrogens (tertiary/aromatic N) is 2. The molecule has 8 nitrogen and oxygen atoms in total. The minimum atomic E-state index is -4.09. The molecule has 4 aromatic rings. The van der Waals surface area contributed by atoms with Gasteiger partial charge in [0.2, 0.25) is 11.8 Å². The lowest BCUT2D eigenvalue weighted by Gasteiger charge is -2.14. The number of anilines is 1. The number of aromatic nitrogens is 2. The van der Waals surface area contributed by atoms with Gasteiger partial charge in [-0.05, 0) is 60.9 Å². The number of carbonyl (C=O) groups is 1. The number of carbonyl (C=O) groups excluding carboxylic acids is 1. The van der Waals surface area contributed by atoms with Gasteiger partial charge in [-0.25, -0.2) is 18.1 Å². The first-order chi connectivity index (χ1) is 16.8. The summed E-state index contributed by atoms with van der Waals surface area (Å²) in [6.45, 7) is 4.17. The lowest BCUT2D eigenvalue weighted by atomic mass is 10.00. The fourth-order valence-electron chi connectivity index (χ4n) is 3.98. The third kappa shape index (κ3) is 4.71. The highest BCUT2D eigenvalue weighted by molar-refractivity contribution is 7.92. The topological polar surface area (TPSA) is 110 Å². The molecule has 3 aromatic carbocycles. The van der Waals surface area contributed by atoms with E-state index >= 15 is 0 Å². The van der Waals surface area contributed by atoms with Gasteiger partial charge in [-0.15, -0.1) is 0 Å². The zero-order valence-corrected chi connectivity index (χ0v) is 19.9. The van der Waals surface area contributed by atoms with E-state index in [0.717, 1.165) is 22.3 Å². The van der Waals surface area contributed by atoms with Crippen molar-refractivity contribution < 1.29 is 17.9 Å². The van der Waals surface area contributed by atoms with Crippen LogP contribution in [-0.4, -0.2) is 24.3 Å². The first-order valence-corrected chi connectivity index (χ1v) is 12.4. The zero-order chi connectivity index (χ0) is 24.6. The smallest absolute Gasteiger partial charge is 0.264 e. The van der Waals surface area contributed by atoms with Crippen molar-refractivity contribution in [2.45, 2.75) is 25.3 Å². The molecule has 2 N–H and O–H groups in total. The fraction of sp³-hybridized carbons (Fsp3) is 0.115. The molecule has 0 atom stereocenters. The van der Waals surface area contributed by atoms with Crippen molar-refractivity contribution in [1.82, 2.24) is 15.3 Å². The molecule has 0 saturated heterocycles. The van der Waals surface area contributed by atoms with Crippen molar-refractivity contribution in [3.05, 3.63) is 95.1 Å². The van der Waals surface area contributed by atoms with Gasteiger partial charge in [0, 0.05) is 23.7 Å². The lowest BCUT2D eigenvalue weighted by Crippen LogP contribution is -2.23. The van der Waals surface area contributed by atoms with Gasteiger partial charge in [0.25, 0.3) is 15.9 Å². The average molecular weight is 487 g/mol. The van der Waals surface area contributed by atoms with E-state index in [4.69, 9.17) is 4.74 Å². The maximum Gasteiger partial charge on any atom is 0.264 e. The molecule has 1 aliphatic rings. The van der Waals surface area contributed by atoms with E-state index in [0.29, 0.717) is 11.4 Å². The number of benzene rings is 3. The summed E-state index contributed by atoms with van der Waals surface area (Å²) in [5.74, 6) is 0.144. The highest BCUT2D eigenvalue weighted by Gasteiger charge is 2.21. The van der Waals surface area contributed by atoms with Gasteiger partial charge >= 0.3 is 0 Å². The first-order valence-electron chi connectivity index (χ1n) is 10.9. The van der Waals surface area contributed by atoms with Crippen LogP contribution in [0.2, 0.25) is 0 Å². The molecule has 176 valence electrons. The summed E-state index contributed by atoms with van der Waals surface area (Å²) in [5, 5.41) is 2.81. The van der Waals surface area contributed by atoms with Crippen LogP contribution in [0.3, 0.4) is 0 Å². The summed E-state index contributed by atoms with van der Waals surface area (Å²) in [5.41, 5.74) is 4.39. The third-order valence-electron chi connectivity index (χ3n) is 5.65. The number of sulfonamides is 1. The Labute approximate surface area is 203 Å². The van der Waals surface area contributed by atoms with Crippen molar-refractivity contribution in [2.24, 2.45) is 0 Å². The molecule has 35 heavy (non-hydrogen) atoms. The standard InChI is InChI=1S/C26H22N4O4S/c1-16-6-3-7-17(2)24(16)22-14-23-29-26(28-22)30-35(32,33)21-11-5-9-19(13-21)25(31)27-15-18-8-4-10-20(12-18)34-23/h3-14H,15H2,1-2H3,(H,27,31)(H,28,29,30). The monoisotopic (exact) mass is 486 g/mol. The Morgan fingerprint density at radius 3 is 2.43 bits per heavy atom. The number of nitrogens with one attached hydrogen (secondary N) is 2. The lowest BCUT2D eigenvalue weighted by molar-refractivity contribution is 0.0950. The second-order valence-electron chi connectivity index (χ2n) is 8.25. The van der Waals surface area contributed by atoms with Gasteiger partial charge in [0.1, 0.15) is 5.75 Å². The third-order valence-corrected chi connectivity index (χ3v) is 6.97. The highest BCUT2D eigenvalue weighted by atomic mass is 32.2. The molecule has 0 aliphatic carbocycles. The number of fused-ring (bicyclic) bond motifs is 6. The molecule has 9 heteroatoms. The molecule has 2 heterocycles. The number of rotatable bonds is 1. The Balaban J connectivity index is 1.70. The van der Waals surface area contributed by atoms with Crippen LogP contribution in [0.15, 0.2) is 77.7 Å². The molecular weight excluding hydrogens is 464 g/mol. The van der Waals surface area contributed by atoms with Gasteiger partial charge in [-0.2, -0.15) is 4.98 Å². The fourth-order valence-corrected chi connectivity index (χ4v) is 4.97. The molecule has 1 aliphatic heterocycles. The second-order valence-corrected chi connectivity index (χ2v) is 9.93. The number of hydrogen-bond acceptors (Lipinski definition) is 6. The molecule has 0 spiro atoms. The maximum atomic E-state index is 13.2. The van der Waals surface area contributed by atoms with E-state index < -0.39 is 15.9 Å². The summed E-state index contributed by atoms with van der Waals surface area (Å²) < 4.78 is 34.8. The van der Waals surface area contributed by atoms with Crippen molar-refractivity contribution in [3.63, 3.8) is 0 Å². The number of ether oxygens (including phenoxy) is 1. The predicted molar refractivity (Wildman–Crippen MR) is 132 cm³/mol. The van der Waals surface area contributed by atoms with Gasteiger partial charge < -0.3 is 10.1 Å². The number of hydrogen-bond donors (Lipinski definition) is 2. The Morgan fingerprint density at radius 1 is 0.886 bits per heavy atom. The van der Waals surface area contributed by atoms with Gasteiger partial charge in [-0.1, -0.05) is 36.4 Å². The summed E-state index contributed by atoms with van der Waals surface area (Å²) in [4.78, 5) is 21.4. The van der Waals surface area contributed by atoms with Crippen LogP contribution >= 0.6 is 0 Å². The van der Waals surface area contributed by atoms with Gasteiger partial charge in [0.05, 0.1) is 10.6 Å². The van der Waals surface area contributed by atoms with Crippen LogP contribution in [0.4, 0.5) is 5.95 Å². The number of aryl methyl sites for hydroxylation is 2. The van der Waals surface area contributed by atoms with Crippen LogP contribution in [-0.2, 0) is 16.6 Å². The molecule has 0 unspecified atom stereocenters. The van der Waals surface area contributed by atoms with Crippen LogP contribution in [0.5, 0.6) is 11.6 Å². The predicted octanol–water partition coefficient (Wildman–Crippen LogP) is 4.60. The zero-order valence-electron chi connectivity index (χ0n) is 19.1. The Bertz CT molecular complexity index is 1550. The summed E-state index contributed by atoms with van der Waals surface area (Å²) >= 11 is 0. The second kappa shape index (κ2) is 8.84. The van der Waals surface area contributed by atoms with E-state index in [2.05, 4.69) is 20.0 Å². The largest absolute Gasteiger partial charge is 0.439 e. The summed E-state index contributed by atoms with van der Waals surface area (Å²) in [7, 11) is -4.09. The van der Waals surface area contributed by atoms with Crippen molar-refractivity contribution in [1.29, 1.82) is 0 Å². The van der Waals surface area contributed by atoms with E-state index in [-0.39, 0.29) is 28.8 Å². The van der Waals surface area contributed by atoms with E-state index in [1.807, 2.05) is 44.2 Å². The summed E-state index contributed by atoms with van der Waals surface area (Å²) in [6, 6.07) is 20.6. The first kappa shape index (κ1) is 22.5. The van der Waals surface area contributed by atoms with Gasteiger partial charge in [0.15, 0.2) is 0 Å². The van der Waals surface area contributed by atoms with Crippen molar-refractivity contribution in [2.75, 3.05) is 4.72 Å². The van der Waals surface area contributed by atoms with E-state index in [1.165, 1.54) is 18.2 Å². The molecule has 6 bridgehead atoms. The Morgan fingerprint density at radius 2 is 1.63 bits per heavy atom. The van der Waals surface area contributed by atoms with Crippen molar-refractivity contribution >= 4 is 21.9 Å². The molecule has 0 saturated carbocycles. The molecule has 0 fully saturated rings.